The lowest BCUT2D eigenvalue weighted by molar-refractivity contribution is -0.117. The molecule has 1 aliphatic carbocycles. The van der Waals surface area contributed by atoms with Crippen LogP contribution in [0.2, 0.25) is 0 Å². The number of amides is 2. The lowest BCUT2D eigenvalue weighted by Crippen LogP contribution is -2.16. The number of hydrogen-bond donors (Lipinski definition) is 4. The van der Waals surface area contributed by atoms with Crippen LogP contribution in [-0.2, 0) is 28.9 Å². The number of nitrogens with one attached hydrogen (secondary N) is 2. The maximum Gasteiger partial charge on any atom is 0.247 e. The maximum atomic E-state index is 11.9. The minimum absolute atomic E-state index is 0.161. The molecule has 0 bridgehead atoms. The first-order valence-electron chi connectivity index (χ1n) is 10.5. The highest BCUT2D eigenvalue weighted by Gasteiger charge is 2.25. The number of aryl methyl sites for hydroxylation is 1. The van der Waals surface area contributed by atoms with E-state index in [4.69, 9.17) is 5.73 Å². The highest BCUT2D eigenvalue weighted by molar-refractivity contribution is 6.04. The molecule has 1 unspecified atom stereocenters. The van der Waals surface area contributed by atoms with Gasteiger partial charge in [-0.25, -0.2) is 0 Å². The summed E-state index contributed by atoms with van der Waals surface area (Å²) in [7, 11) is 0. The van der Waals surface area contributed by atoms with E-state index in [9.17, 15) is 14.7 Å². The van der Waals surface area contributed by atoms with E-state index in [1.165, 1.54) is 11.6 Å². The molecule has 2 amide bonds. The third-order valence-corrected chi connectivity index (χ3v) is 6.22. The van der Waals surface area contributed by atoms with Gasteiger partial charge in [0.05, 0.1) is 11.9 Å². The number of fused-ring (bicyclic) bond motifs is 3. The topological polar surface area (TPSA) is 108 Å². The van der Waals surface area contributed by atoms with Crippen LogP contribution in [0, 0.1) is 12.8 Å². The number of H-pyrrole nitrogens is 1. The van der Waals surface area contributed by atoms with Gasteiger partial charge in [0.2, 0.25) is 11.8 Å². The van der Waals surface area contributed by atoms with E-state index in [0.717, 1.165) is 63.8 Å². The van der Waals surface area contributed by atoms with Crippen LogP contribution in [0.4, 0.5) is 5.69 Å². The fraction of sp³-hybridized carbons (Fsp3) is 0.280. The van der Waals surface area contributed by atoms with Crippen LogP contribution >= 0.6 is 0 Å². The normalized spacial score (nSPS) is 15.5. The molecule has 160 valence electrons. The van der Waals surface area contributed by atoms with Gasteiger partial charge < -0.3 is 21.1 Å². The van der Waals surface area contributed by atoms with Crippen LogP contribution in [-0.4, -0.2) is 28.5 Å². The monoisotopic (exact) mass is 417 g/mol. The first kappa shape index (κ1) is 20.9. The van der Waals surface area contributed by atoms with Crippen molar-refractivity contribution in [3.8, 4) is 11.1 Å². The molecule has 0 spiro atoms. The number of hydrogen-bond acceptors (Lipinski definition) is 3. The Bertz CT molecular complexity index is 1190. The zero-order valence-corrected chi connectivity index (χ0v) is 17.6. The van der Waals surface area contributed by atoms with Gasteiger partial charge in [0.25, 0.3) is 0 Å². The molecule has 6 heteroatoms. The van der Waals surface area contributed by atoms with E-state index < -0.39 is 0 Å². The fourth-order valence-corrected chi connectivity index (χ4v) is 4.63. The number of nitrogens with two attached hydrogens (primary N) is 1. The van der Waals surface area contributed by atoms with Crippen LogP contribution in [0.1, 0.15) is 28.8 Å². The molecule has 0 saturated heterocycles. The number of rotatable bonds is 6. The zero-order valence-electron chi connectivity index (χ0n) is 17.6. The average molecular weight is 418 g/mol. The van der Waals surface area contributed by atoms with E-state index >= 15 is 0 Å². The average Bonchev–Trinajstić information content (AvgIpc) is 3.14. The molecule has 2 aromatic carbocycles. The Kier molecular flexibility index (Phi) is 5.65. The molecule has 4 rings (SSSR count). The maximum absolute atomic E-state index is 11.9. The molecule has 0 saturated carbocycles. The molecule has 0 radical (unpaired) electrons. The van der Waals surface area contributed by atoms with Crippen molar-refractivity contribution in [1.29, 1.82) is 0 Å². The van der Waals surface area contributed by atoms with Gasteiger partial charge in [-0.15, -0.1) is 0 Å². The number of aromatic amines is 1. The second-order valence-electron chi connectivity index (χ2n) is 8.21. The zero-order chi connectivity index (χ0) is 22.1. The van der Waals surface area contributed by atoms with Gasteiger partial charge in [-0.2, -0.15) is 0 Å². The van der Waals surface area contributed by atoms with Crippen molar-refractivity contribution >= 4 is 28.4 Å². The Morgan fingerprint density at radius 1 is 1.29 bits per heavy atom. The molecule has 5 N–H and O–H groups in total. The van der Waals surface area contributed by atoms with Gasteiger partial charge in [-0.3, -0.25) is 9.59 Å². The van der Waals surface area contributed by atoms with Gasteiger partial charge in [0.1, 0.15) is 0 Å². The number of anilines is 1. The van der Waals surface area contributed by atoms with Crippen molar-refractivity contribution in [2.75, 3.05) is 11.9 Å². The number of aliphatic hydroxyl groups excluding tert-OH is 1. The summed E-state index contributed by atoms with van der Waals surface area (Å²) in [4.78, 5) is 27.1. The van der Waals surface area contributed by atoms with E-state index in [2.05, 4.69) is 16.9 Å². The van der Waals surface area contributed by atoms with E-state index in [-0.39, 0.29) is 30.8 Å². The second-order valence-corrected chi connectivity index (χ2v) is 8.21. The summed E-state index contributed by atoms with van der Waals surface area (Å²) in [5, 5.41) is 13.6. The molecule has 1 heterocycles. The lowest BCUT2D eigenvalue weighted by Gasteiger charge is -2.21. The summed E-state index contributed by atoms with van der Waals surface area (Å²) in [6, 6.07) is 9.82. The molecule has 1 aliphatic rings. The van der Waals surface area contributed by atoms with Crippen LogP contribution in [0.15, 0.2) is 43.0 Å². The van der Waals surface area contributed by atoms with Crippen molar-refractivity contribution < 1.29 is 14.7 Å². The number of aliphatic hydroxyl groups is 1. The van der Waals surface area contributed by atoms with E-state index in [1.807, 2.05) is 37.3 Å². The van der Waals surface area contributed by atoms with Crippen LogP contribution in [0.5, 0.6) is 0 Å². The number of carbonyl (C=O) groups is 2. The summed E-state index contributed by atoms with van der Waals surface area (Å²) in [5.41, 5.74) is 13.4. The summed E-state index contributed by atoms with van der Waals surface area (Å²) >= 11 is 0. The third-order valence-electron chi connectivity index (χ3n) is 6.22. The van der Waals surface area contributed by atoms with Gasteiger partial charge in [0.15, 0.2) is 0 Å². The van der Waals surface area contributed by atoms with Crippen LogP contribution in [0.3, 0.4) is 0 Å². The quantitative estimate of drug-likeness (QED) is 0.462. The molecular formula is C25H27N3O3. The minimum Gasteiger partial charge on any atom is -0.396 e. The third kappa shape index (κ3) is 3.86. The Hall–Kier alpha value is -3.38. The molecule has 1 aromatic heterocycles. The molecule has 31 heavy (non-hydrogen) atoms. The van der Waals surface area contributed by atoms with E-state index in [0.29, 0.717) is 0 Å². The van der Waals surface area contributed by atoms with Crippen LogP contribution < -0.4 is 11.1 Å². The molecular weight excluding hydrogens is 390 g/mol. The SMILES string of the molecule is C=CC(=O)Nc1cccc(-c2ccc(CC(N)=O)c3[nH]c4c(c23)CCC(CO)C4)c1C. The summed E-state index contributed by atoms with van der Waals surface area (Å²) in [5.74, 6) is -0.390. The fourth-order valence-electron chi connectivity index (χ4n) is 4.63. The number of carbonyl (C=O) groups excluding carboxylic acids is 2. The predicted molar refractivity (Wildman–Crippen MR) is 123 cm³/mol. The van der Waals surface area contributed by atoms with E-state index in [1.54, 1.807) is 0 Å². The summed E-state index contributed by atoms with van der Waals surface area (Å²) < 4.78 is 0. The minimum atomic E-state index is -0.375. The first-order chi connectivity index (χ1) is 14.9. The van der Waals surface area contributed by atoms with Crippen molar-refractivity contribution in [2.24, 2.45) is 11.7 Å². The molecule has 6 nitrogen and oxygen atoms in total. The van der Waals surface area contributed by atoms with Crippen molar-refractivity contribution in [3.63, 3.8) is 0 Å². The molecule has 3 aromatic rings. The standard InChI is InChI=1S/C25H27N3O3/c1-3-23(31)27-20-6-4-5-17(14(20)2)18-10-8-16(12-22(26)30)25-24(18)19-9-7-15(13-29)11-21(19)28-25/h3-6,8,10,15,28-29H,1,7,9,11-13H2,2H3,(H2,26,30)(H,27,31). The van der Waals surface area contributed by atoms with Crippen molar-refractivity contribution in [1.82, 2.24) is 4.98 Å². The molecule has 0 aliphatic heterocycles. The van der Waals surface area contributed by atoms with Gasteiger partial charge in [0, 0.05) is 23.4 Å². The first-order valence-corrected chi connectivity index (χ1v) is 10.5. The highest BCUT2D eigenvalue weighted by Crippen LogP contribution is 2.41. The smallest absolute Gasteiger partial charge is 0.247 e. The molecule has 0 fully saturated rings. The lowest BCUT2D eigenvalue weighted by atomic mass is 9.85. The largest absolute Gasteiger partial charge is 0.396 e. The summed E-state index contributed by atoms with van der Waals surface area (Å²) in [6.45, 7) is 5.67. The van der Waals surface area contributed by atoms with Crippen molar-refractivity contribution in [3.05, 3.63) is 65.4 Å². The van der Waals surface area contributed by atoms with Gasteiger partial charge in [-0.1, -0.05) is 30.8 Å². The Morgan fingerprint density at radius 3 is 2.81 bits per heavy atom. The number of aromatic nitrogens is 1. The van der Waals surface area contributed by atoms with Gasteiger partial charge in [-0.05, 0) is 72.1 Å². The number of benzene rings is 2. The Balaban J connectivity index is 1.93. The molecule has 1 atom stereocenters. The predicted octanol–water partition coefficient (Wildman–Crippen LogP) is 3.39. The Labute approximate surface area is 181 Å². The number of primary amides is 1. The van der Waals surface area contributed by atoms with Crippen LogP contribution in [0.25, 0.3) is 22.0 Å². The highest BCUT2D eigenvalue weighted by atomic mass is 16.3. The Morgan fingerprint density at radius 2 is 2.10 bits per heavy atom. The van der Waals surface area contributed by atoms with Gasteiger partial charge >= 0.3 is 0 Å². The van der Waals surface area contributed by atoms with Crippen molar-refractivity contribution in [2.45, 2.75) is 32.6 Å². The summed E-state index contributed by atoms with van der Waals surface area (Å²) in [6.07, 6.45) is 3.98. The second kappa shape index (κ2) is 8.40.